The summed E-state index contributed by atoms with van der Waals surface area (Å²) in [7, 11) is 0. The van der Waals surface area contributed by atoms with E-state index in [9.17, 15) is 0 Å². The Morgan fingerprint density at radius 2 is 1.84 bits per heavy atom. The van der Waals surface area contributed by atoms with Gasteiger partial charge in [-0.1, -0.05) is 69.3 Å². The van der Waals surface area contributed by atoms with Gasteiger partial charge in [0.1, 0.15) is 11.0 Å². The summed E-state index contributed by atoms with van der Waals surface area (Å²) in [5.41, 5.74) is 7.38. The summed E-state index contributed by atoms with van der Waals surface area (Å²) < 4.78 is 0. The molecule has 0 unspecified atom stereocenters. The van der Waals surface area contributed by atoms with Gasteiger partial charge in [0, 0.05) is 16.7 Å². The predicted molar refractivity (Wildman–Crippen MR) is 83.9 cm³/mol. The maximum Gasteiger partial charge on any atom is 0.128 e. The molecule has 0 heterocycles. The Morgan fingerprint density at radius 3 is 2.37 bits per heavy atom. The average molecular weight is 278 g/mol. The van der Waals surface area contributed by atoms with Crippen LogP contribution in [-0.4, -0.2) is 17.6 Å². The van der Waals surface area contributed by atoms with E-state index in [1.807, 2.05) is 51.1 Å². The summed E-state index contributed by atoms with van der Waals surface area (Å²) in [6.45, 7) is 10.3. The topological polar surface area (TPSA) is 50.7 Å². The molecule has 0 saturated carbocycles. The second-order valence-corrected chi connectivity index (χ2v) is 5.69. The second kappa shape index (κ2) is 6.53. The van der Waals surface area contributed by atoms with Crippen molar-refractivity contribution in [3.05, 3.63) is 48.2 Å². The molecule has 0 aliphatic heterocycles. The molecule has 1 rings (SSSR count). The highest BCUT2D eigenvalue weighted by Gasteiger charge is 2.14. The van der Waals surface area contributed by atoms with Crippen molar-refractivity contribution in [3.8, 4) is 0 Å². The summed E-state index contributed by atoms with van der Waals surface area (Å²) in [6.07, 6.45) is 0. The maximum atomic E-state index is 6.04. The highest BCUT2D eigenvalue weighted by molar-refractivity contribution is 6.66. The Bertz CT molecular complexity index is 496. The zero-order valence-electron chi connectivity index (χ0n) is 11.7. The number of rotatable bonds is 4. The number of nitrogens with zero attached hydrogens (tertiary/aromatic N) is 2. The fourth-order valence-corrected chi connectivity index (χ4v) is 1.36. The second-order valence-electron chi connectivity index (χ2n) is 5.25. The van der Waals surface area contributed by atoms with E-state index in [1.54, 1.807) is 0 Å². The number of hydrogen-bond acceptors (Lipinski definition) is 2. The predicted octanol–water partition coefficient (Wildman–Crippen LogP) is 3.59. The van der Waals surface area contributed by atoms with Crippen LogP contribution in [-0.2, 0) is 0 Å². The molecule has 1 aromatic rings. The fraction of sp³-hybridized carbons (Fsp3) is 0.333. The van der Waals surface area contributed by atoms with E-state index >= 15 is 0 Å². The molecule has 0 aliphatic rings. The normalized spacial score (nSPS) is 13.5. The van der Waals surface area contributed by atoms with Gasteiger partial charge in [0.2, 0.25) is 0 Å². The van der Waals surface area contributed by atoms with E-state index in [4.69, 9.17) is 17.3 Å². The lowest BCUT2D eigenvalue weighted by molar-refractivity contribution is 0.501. The first-order valence-corrected chi connectivity index (χ1v) is 6.46. The zero-order valence-corrected chi connectivity index (χ0v) is 12.4. The molecule has 0 aliphatic carbocycles. The van der Waals surface area contributed by atoms with Gasteiger partial charge >= 0.3 is 0 Å². The lowest BCUT2D eigenvalue weighted by atomic mass is 9.93. The van der Waals surface area contributed by atoms with Gasteiger partial charge < -0.3 is 5.73 Å². The van der Waals surface area contributed by atoms with Crippen LogP contribution in [0.25, 0.3) is 0 Å². The number of allylic oxidation sites excluding steroid dienone is 1. The molecule has 0 spiro atoms. The van der Waals surface area contributed by atoms with E-state index in [-0.39, 0.29) is 12.0 Å². The monoisotopic (exact) mass is 277 g/mol. The standard InChI is InChI=1S/C15H20ClN3/c1-11(15(2,3)4)19-13(16)10-18-14(17)12-8-6-5-7-9-12/h5-9H,1,10H2,2-4H3,(H2,17,18)/b19-13+. The van der Waals surface area contributed by atoms with Crippen molar-refractivity contribution in [2.24, 2.45) is 21.1 Å². The first-order valence-electron chi connectivity index (χ1n) is 6.08. The van der Waals surface area contributed by atoms with Crippen LogP contribution in [0.2, 0.25) is 0 Å². The summed E-state index contributed by atoms with van der Waals surface area (Å²) in [5.74, 6) is 0.454. The molecule has 4 heteroatoms. The fourth-order valence-electron chi connectivity index (χ4n) is 1.20. The van der Waals surface area contributed by atoms with E-state index in [0.29, 0.717) is 11.0 Å². The van der Waals surface area contributed by atoms with Crippen LogP contribution < -0.4 is 5.73 Å². The van der Waals surface area contributed by atoms with Crippen LogP contribution >= 0.6 is 11.6 Å². The molecular weight excluding hydrogens is 258 g/mol. The zero-order chi connectivity index (χ0) is 14.5. The quantitative estimate of drug-likeness (QED) is 0.664. The lowest BCUT2D eigenvalue weighted by Crippen LogP contribution is -2.15. The highest BCUT2D eigenvalue weighted by Crippen LogP contribution is 2.24. The van der Waals surface area contributed by atoms with Gasteiger partial charge in [-0.15, -0.1) is 0 Å². The van der Waals surface area contributed by atoms with Crippen LogP contribution in [0.5, 0.6) is 0 Å². The number of halogens is 1. The molecule has 0 fully saturated rings. The molecule has 1 aromatic carbocycles. The van der Waals surface area contributed by atoms with Crippen LogP contribution in [0.1, 0.15) is 26.3 Å². The molecule has 19 heavy (non-hydrogen) atoms. The average Bonchev–Trinajstić information content (AvgIpc) is 2.35. The highest BCUT2D eigenvalue weighted by atomic mass is 35.5. The van der Waals surface area contributed by atoms with E-state index in [1.165, 1.54) is 0 Å². The molecule has 0 saturated heterocycles. The molecule has 0 bridgehead atoms. The molecule has 102 valence electrons. The van der Waals surface area contributed by atoms with Crippen molar-refractivity contribution < 1.29 is 0 Å². The van der Waals surface area contributed by atoms with Crippen molar-refractivity contribution in [1.82, 2.24) is 0 Å². The van der Waals surface area contributed by atoms with Crippen molar-refractivity contribution in [2.45, 2.75) is 20.8 Å². The van der Waals surface area contributed by atoms with Gasteiger partial charge in [0.15, 0.2) is 0 Å². The van der Waals surface area contributed by atoms with E-state index in [0.717, 1.165) is 11.3 Å². The molecule has 3 nitrogen and oxygen atoms in total. The van der Waals surface area contributed by atoms with Crippen LogP contribution in [0, 0.1) is 5.41 Å². The van der Waals surface area contributed by atoms with Gasteiger partial charge in [-0.3, -0.25) is 4.99 Å². The maximum absolute atomic E-state index is 6.04. The molecule has 2 N–H and O–H groups in total. The number of benzene rings is 1. The largest absolute Gasteiger partial charge is 0.383 e. The third-order valence-corrected chi connectivity index (χ3v) is 2.78. The number of hydrogen-bond donors (Lipinski definition) is 1. The first-order chi connectivity index (χ1) is 8.80. The number of nitrogens with two attached hydrogens (primary N) is 1. The minimum atomic E-state index is -0.102. The molecular formula is C15H20ClN3. The number of aliphatic imine (C=N–C) groups is 2. The molecule has 0 radical (unpaired) electrons. The minimum Gasteiger partial charge on any atom is -0.383 e. The van der Waals surface area contributed by atoms with E-state index < -0.39 is 0 Å². The third kappa shape index (κ3) is 5.26. The molecule has 0 aromatic heterocycles. The Hall–Kier alpha value is -1.61. The Labute approximate surface area is 119 Å². The smallest absolute Gasteiger partial charge is 0.128 e. The van der Waals surface area contributed by atoms with Crippen molar-refractivity contribution in [2.75, 3.05) is 6.54 Å². The van der Waals surface area contributed by atoms with Gasteiger partial charge in [0.05, 0.1) is 6.54 Å². The van der Waals surface area contributed by atoms with Crippen molar-refractivity contribution >= 4 is 22.6 Å². The van der Waals surface area contributed by atoms with Crippen LogP contribution in [0.4, 0.5) is 0 Å². The Morgan fingerprint density at radius 1 is 1.26 bits per heavy atom. The summed E-state index contributed by atoms with van der Waals surface area (Å²) in [5, 5.41) is 0.388. The summed E-state index contributed by atoms with van der Waals surface area (Å²) in [4.78, 5) is 8.46. The lowest BCUT2D eigenvalue weighted by Gasteiger charge is -2.17. The van der Waals surface area contributed by atoms with E-state index in [2.05, 4.69) is 16.6 Å². The third-order valence-electron chi connectivity index (χ3n) is 2.57. The summed E-state index contributed by atoms with van der Waals surface area (Å²) >= 11 is 6.04. The van der Waals surface area contributed by atoms with Gasteiger partial charge in [0.25, 0.3) is 0 Å². The summed E-state index contributed by atoms with van der Waals surface area (Å²) in [6, 6.07) is 9.55. The number of amidine groups is 1. The van der Waals surface area contributed by atoms with Gasteiger partial charge in [-0.2, -0.15) is 0 Å². The van der Waals surface area contributed by atoms with Gasteiger partial charge in [-0.05, 0) is 0 Å². The van der Waals surface area contributed by atoms with Crippen molar-refractivity contribution in [3.63, 3.8) is 0 Å². The first kappa shape index (κ1) is 15.4. The molecule has 0 amide bonds. The SMILES string of the molecule is C=C(/N=C(/Cl)C/N=C(\N)c1ccccc1)C(C)(C)C. The minimum absolute atomic E-state index is 0.102. The molecule has 0 atom stereocenters. The van der Waals surface area contributed by atoms with Crippen LogP contribution in [0.15, 0.2) is 52.6 Å². The Kier molecular flexibility index (Phi) is 5.31. The van der Waals surface area contributed by atoms with Crippen LogP contribution in [0.3, 0.4) is 0 Å². The Balaban J connectivity index is 2.71. The van der Waals surface area contributed by atoms with Gasteiger partial charge in [-0.25, -0.2) is 4.99 Å². The van der Waals surface area contributed by atoms with Crippen molar-refractivity contribution in [1.29, 1.82) is 0 Å².